The third kappa shape index (κ3) is 5.89. The number of rotatable bonds is 11. The highest BCUT2D eigenvalue weighted by atomic mass is 16.5. The average molecular weight is 476 g/mol. The zero-order chi connectivity index (χ0) is 24.5. The predicted molar refractivity (Wildman–Crippen MR) is 133 cm³/mol. The van der Waals surface area contributed by atoms with E-state index >= 15 is 0 Å². The highest BCUT2D eigenvalue weighted by Gasteiger charge is 2.11. The third-order valence-electron chi connectivity index (χ3n) is 4.90. The first-order valence-electron chi connectivity index (χ1n) is 10.8. The van der Waals surface area contributed by atoms with Gasteiger partial charge < -0.3 is 24.6 Å². The number of nitrogens with zero attached hydrogens (tertiary/aromatic N) is 5. The first-order chi connectivity index (χ1) is 17.2. The van der Waals surface area contributed by atoms with E-state index in [0.29, 0.717) is 47.2 Å². The average Bonchev–Trinajstić information content (AvgIpc) is 2.90. The van der Waals surface area contributed by atoms with Crippen molar-refractivity contribution in [1.82, 2.24) is 19.9 Å². The molecule has 2 aromatic carbocycles. The van der Waals surface area contributed by atoms with E-state index in [1.807, 2.05) is 36.4 Å². The number of nitrogens with one attached hydrogen (secondary N) is 2. The van der Waals surface area contributed by atoms with Gasteiger partial charge in [-0.3, -0.25) is 5.43 Å². The Morgan fingerprint density at radius 2 is 1.60 bits per heavy atom. The van der Waals surface area contributed by atoms with E-state index in [2.05, 4.69) is 35.8 Å². The van der Waals surface area contributed by atoms with Crippen LogP contribution in [0.5, 0.6) is 17.2 Å². The maximum atomic E-state index is 8.86. The Hall–Kier alpha value is -4.51. The molecule has 11 heteroatoms. The largest absolute Gasteiger partial charge is 0.494 e. The molecule has 4 aromatic rings. The Labute approximate surface area is 201 Å². The second kappa shape index (κ2) is 11.6. The number of fused-ring (bicyclic) bond motifs is 1. The Morgan fingerprint density at radius 3 is 2.31 bits per heavy atom. The molecule has 0 saturated carbocycles. The van der Waals surface area contributed by atoms with Crippen molar-refractivity contribution in [3.63, 3.8) is 0 Å². The zero-order valence-electron chi connectivity index (χ0n) is 19.3. The maximum Gasteiger partial charge on any atom is 0.176 e. The normalized spacial score (nSPS) is 10.9. The molecule has 0 spiro atoms. The fraction of sp³-hybridized carbons (Fsp3) is 0.208. The summed E-state index contributed by atoms with van der Waals surface area (Å²) in [6, 6.07) is 12.9. The van der Waals surface area contributed by atoms with Crippen LogP contribution in [0.4, 0.5) is 17.3 Å². The van der Waals surface area contributed by atoms with E-state index in [1.165, 1.54) is 12.7 Å². The lowest BCUT2D eigenvalue weighted by atomic mass is 10.2. The molecular formula is C24H25N7O4. The number of aliphatic hydroxyl groups is 1. The van der Waals surface area contributed by atoms with Crippen molar-refractivity contribution in [2.45, 2.75) is 6.42 Å². The summed E-state index contributed by atoms with van der Waals surface area (Å²) >= 11 is 0. The molecular weight excluding hydrogens is 450 g/mol. The van der Waals surface area contributed by atoms with Gasteiger partial charge in [0.15, 0.2) is 23.1 Å². The quantitative estimate of drug-likeness (QED) is 0.168. The van der Waals surface area contributed by atoms with E-state index < -0.39 is 0 Å². The van der Waals surface area contributed by atoms with Crippen LogP contribution < -0.4 is 25.0 Å². The molecule has 0 saturated heterocycles. The van der Waals surface area contributed by atoms with E-state index in [4.69, 9.17) is 19.3 Å². The van der Waals surface area contributed by atoms with Gasteiger partial charge in [-0.25, -0.2) is 19.9 Å². The Morgan fingerprint density at radius 1 is 0.886 bits per heavy atom. The molecule has 0 aliphatic rings. The molecule has 35 heavy (non-hydrogen) atoms. The lowest BCUT2D eigenvalue weighted by Crippen LogP contribution is -2.02. The van der Waals surface area contributed by atoms with E-state index in [-0.39, 0.29) is 6.61 Å². The molecule has 0 amide bonds. The van der Waals surface area contributed by atoms with E-state index in [1.54, 1.807) is 26.5 Å². The summed E-state index contributed by atoms with van der Waals surface area (Å²) in [6.45, 7) is 0.557. The summed E-state index contributed by atoms with van der Waals surface area (Å²) in [5.41, 5.74) is 5.59. The molecule has 2 aromatic heterocycles. The zero-order valence-corrected chi connectivity index (χ0v) is 19.3. The van der Waals surface area contributed by atoms with Crippen LogP contribution >= 0.6 is 0 Å². The van der Waals surface area contributed by atoms with Crippen LogP contribution in [0.25, 0.3) is 11.0 Å². The van der Waals surface area contributed by atoms with Gasteiger partial charge in [0, 0.05) is 18.7 Å². The number of anilines is 3. The van der Waals surface area contributed by atoms with E-state index in [9.17, 15) is 0 Å². The number of hydrogen-bond donors (Lipinski definition) is 3. The Bertz CT molecular complexity index is 1300. The van der Waals surface area contributed by atoms with Gasteiger partial charge in [-0.2, -0.15) is 5.10 Å². The lowest BCUT2D eigenvalue weighted by molar-refractivity contribution is 0.233. The third-order valence-corrected chi connectivity index (χ3v) is 4.90. The first-order valence-corrected chi connectivity index (χ1v) is 10.8. The number of aromatic nitrogens is 4. The van der Waals surface area contributed by atoms with Gasteiger partial charge in [0.05, 0.1) is 27.0 Å². The van der Waals surface area contributed by atoms with Crippen LogP contribution in [-0.4, -0.2) is 58.7 Å². The summed E-state index contributed by atoms with van der Waals surface area (Å²) in [6.07, 6.45) is 5.08. The Balaban J connectivity index is 1.49. The summed E-state index contributed by atoms with van der Waals surface area (Å²) in [4.78, 5) is 17.3. The van der Waals surface area contributed by atoms with E-state index in [0.717, 1.165) is 17.0 Å². The molecule has 0 fully saturated rings. The highest BCUT2D eigenvalue weighted by molar-refractivity contribution is 5.93. The van der Waals surface area contributed by atoms with Crippen LogP contribution in [0.15, 0.2) is 60.2 Å². The maximum absolute atomic E-state index is 8.86. The highest BCUT2D eigenvalue weighted by Crippen LogP contribution is 2.27. The van der Waals surface area contributed by atoms with Gasteiger partial charge in [-0.05, 0) is 48.0 Å². The minimum Gasteiger partial charge on any atom is -0.494 e. The van der Waals surface area contributed by atoms with Crippen LogP contribution in [0.3, 0.4) is 0 Å². The minimum atomic E-state index is 0.0979. The molecule has 0 atom stereocenters. The second-order valence-electron chi connectivity index (χ2n) is 7.20. The fourth-order valence-electron chi connectivity index (χ4n) is 3.18. The SMILES string of the molecule is COc1ccc(/C=N/Nc2ncnc3c(Nc4ccc(OCCCO)cc4)ncnc23)cc1OC. The standard InChI is InChI=1S/C24H25N7O4/c1-33-19-9-4-16(12-20(19)34-2)13-29-31-24-22-21(25-15-28-24)23(27-14-26-22)30-17-5-7-18(8-6-17)35-11-3-10-32/h4-9,12-15,32H,3,10-11H2,1-2H3,(H,25,28,31)(H,26,27,30)/b29-13+. The first kappa shape index (κ1) is 23.6. The molecule has 0 radical (unpaired) electrons. The smallest absolute Gasteiger partial charge is 0.176 e. The number of hydrazone groups is 1. The van der Waals surface area contributed by atoms with Crippen molar-refractivity contribution in [3.8, 4) is 17.2 Å². The van der Waals surface area contributed by atoms with Gasteiger partial charge in [-0.1, -0.05) is 0 Å². The van der Waals surface area contributed by atoms with Crippen molar-refractivity contribution < 1.29 is 19.3 Å². The second-order valence-corrected chi connectivity index (χ2v) is 7.20. The van der Waals surface area contributed by atoms with Crippen LogP contribution in [0.1, 0.15) is 12.0 Å². The monoisotopic (exact) mass is 475 g/mol. The topological polar surface area (TPSA) is 136 Å². The Kier molecular flexibility index (Phi) is 7.81. The van der Waals surface area contributed by atoms with Gasteiger partial charge in [0.1, 0.15) is 29.4 Å². The van der Waals surface area contributed by atoms with Gasteiger partial charge in [-0.15, -0.1) is 0 Å². The predicted octanol–water partition coefficient (Wildman–Crippen LogP) is 3.39. The van der Waals surface area contributed by atoms with Crippen LogP contribution in [0, 0.1) is 0 Å². The van der Waals surface area contributed by atoms with Crippen LogP contribution in [-0.2, 0) is 0 Å². The molecule has 0 aliphatic heterocycles. The van der Waals surface area contributed by atoms with Gasteiger partial charge in [0.2, 0.25) is 0 Å². The summed E-state index contributed by atoms with van der Waals surface area (Å²) < 4.78 is 16.1. The summed E-state index contributed by atoms with van der Waals surface area (Å²) in [7, 11) is 3.17. The van der Waals surface area contributed by atoms with Crippen LogP contribution in [0.2, 0.25) is 0 Å². The number of methoxy groups -OCH3 is 2. The molecule has 180 valence electrons. The number of ether oxygens (including phenoxy) is 3. The molecule has 11 nitrogen and oxygen atoms in total. The molecule has 0 aliphatic carbocycles. The van der Waals surface area contributed by atoms with Crippen molar-refractivity contribution in [2.24, 2.45) is 5.10 Å². The van der Waals surface area contributed by atoms with Crippen molar-refractivity contribution in [1.29, 1.82) is 0 Å². The van der Waals surface area contributed by atoms with Crippen molar-refractivity contribution in [3.05, 3.63) is 60.7 Å². The fourth-order valence-corrected chi connectivity index (χ4v) is 3.18. The molecule has 4 rings (SSSR count). The minimum absolute atomic E-state index is 0.0979. The van der Waals surface area contributed by atoms with Gasteiger partial charge in [0.25, 0.3) is 0 Å². The summed E-state index contributed by atoms with van der Waals surface area (Å²) in [5, 5.41) is 16.4. The van der Waals surface area contributed by atoms with Crippen molar-refractivity contribution in [2.75, 3.05) is 38.2 Å². The van der Waals surface area contributed by atoms with Gasteiger partial charge >= 0.3 is 0 Å². The molecule has 2 heterocycles. The van der Waals surface area contributed by atoms with Crippen molar-refractivity contribution >= 4 is 34.6 Å². The molecule has 0 unspecified atom stereocenters. The number of benzene rings is 2. The lowest BCUT2D eigenvalue weighted by Gasteiger charge is -2.10. The number of hydrogen-bond acceptors (Lipinski definition) is 11. The summed E-state index contributed by atoms with van der Waals surface area (Å²) in [5.74, 6) is 2.93. The molecule has 0 bridgehead atoms. The number of aliphatic hydroxyl groups excluding tert-OH is 1. The molecule has 3 N–H and O–H groups in total.